The summed E-state index contributed by atoms with van der Waals surface area (Å²) in [5.74, 6) is 82.3. The van der Waals surface area contributed by atoms with Gasteiger partial charge in [-0.05, 0) is 530 Å². The summed E-state index contributed by atoms with van der Waals surface area (Å²) in [7, 11) is 0. The van der Waals surface area contributed by atoms with Crippen LogP contribution >= 0.6 is 0 Å². The van der Waals surface area contributed by atoms with Crippen LogP contribution < -0.4 is 0 Å². The average molecular weight is 1170 g/mol. The van der Waals surface area contributed by atoms with E-state index in [2.05, 4.69) is 0 Å². The SMILES string of the molecule is C1C2CC3C4C5C6CC7C8C9C%10C%11CC%12C%13C%14C%15C%16C%17C%18C%19C%20CC%21C%22C%23C[C@H]%24C%23C%23C%25C%26C(C%27C%26C%26C%27C%27C%28C%29C%30C%31C1C1C%32C2C32C%323C%32C%33C%34C%35%36C%37C%38C%39C%40CC%41C%42C%43(C%44C%45C%46C%47C%48C%22C%21%20C%19%48C%18%47C%17%46C%16%45C%15%44C%14%43C%13%42C%12%41C%11%40C%10%39C9%38C8%37C7%35C6%34C5%33C4%322)C%26%27C%28C%29%36C%30C%3113)C%25C%23%24. The Kier molecular flexibility index (Phi) is 2.51. The Balaban J connectivity index is 0.593. The summed E-state index contributed by atoms with van der Waals surface area (Å²) in [6.45, 7) is 0. The van der Waals surface area contributed by atoms with Crippen LogP contribution in [-0.2, 0) is 0 Å². The van der Waals surface area contributed by atoms with Gasteiger partial charge in [0.1, 0.15) is 0 Å². The maximum atomic E-state index is 1.99. The lowest BCUT2D eigenvalue weighted by molar-refractivity contribution is -0.927. The summed E-state index contributed by atoms with van der Waals surface area (Å²) in [6.07, 6.45) is 13.4. The molecule has 0 aromatic carbocycles. The topological polar surface area (TPSA) is 0 Å². The molecule has 0 aliphatic heterocycles. The van der Waals surface area contributed by atoms with Crippen molar-refractivity contribution in [1.82, 2.24) is 0 Å². The minimum Gasteiger partial charge on any atom is -0.0467 e. The molecule has 84 atom stereocenters. The Hall–Kier alpha value is 0. The zero-order valence-corrected chi connectivity index (χ0v) is 51.6. The summed E-state index contributed by atoms with van der Waals surface area (Å²) < 4.78 is 0. The van der Waals surface area contributed by atoms with Gasteiger partial charge in [-0.1, -0.05) is 0 Å². The van der Waals surface area contributed by atoms with E-state index in [0.29, 0.717) is 0 Å². The van der Waals surface area contributed by atoms with E-state index in [1.54, 1.807) is 0 Å². The molecule has 91 heavy (non-hydrogen) atoms. The third kappa shape index (κ3) is 1.18. The van der Waals surface area contributed by atoms with E-state index < -0.39 is 0 Å². The van der Waals surface area contributed by atoms with E-state index in [1.165, 1.54) is 355 Å². The Labute approximate surface area is 526 Å². The van der Waals surface area contributed by atoms with Gasteiger partial charge in [0.2, 0.25) is 0 Å². The smallest absolute Gasteiger partial charge is 0.00592 e. The third-order valence-electron chi connectivity index (χ3n) is 70.3. The van der Waals surface area contributed by atoms with Crippen LogP contribution in [0.4, 0.5) is 0 Å². The standard InChI is InChI=1S/C91H74/c1-8-2-14-39-38-18-6-19-43-49-40-15-5-16-41-57-55-54-52-50-37-13-4-12-22-9-3-10-21(9)24-23(10)25-26(24)28-27(25)29-30(28)44-31(29)45-33-46-32-35-11(1)36-48-34(8)74(14)83(48)67-60-66-75(18,78(38,60)84(39,67)74)90(19)86(43)64-58-42-17-7-20-61-85(41,73(16,20)72(15,17)77(40,42)81(49,58)86)91(57)87(55)65(88(61,91)70(44,45)63(33)71(46,89(64,66)90)62(32)69(35,36)83)59-56-53-51-47(22)68(12,13)76(37,51)79(50,53)80(52,56)82(54,59)87/h8-67H,1-7H2/t8?,9?,10-,11?,12?,13?,14?,15?,16?,17?,18?,19?,20?,21?,22?,23?,24?,25?,26?,27?,28?,29?,30?,31?,32?,33?,34?,35?,36?,37?,38?,39?,40?,41?,42?,43?,44?,45?,46?,47?,48?,49?,50?,51?,52?,53?,54?,55?,56?,57?,58?,59?,60?,61?,62?,63?,64?,65?,66?,67?,68?,69?,70?,71?,72?,73?,74?,75?,76?,77?,78?,79?,80?,81?,82?,83?,84?,85?,86?,87?,88?,89?,90?,91?/m0/s1. The van der Waals surface area contributed by atoms with Crippen molar-refractivity contribution in [2.45, 2.75) is 44.9 Å². The molecule has 0 saturated heterocycles. The molecular formula is C91H74. The first-order valence-corrected chi connectivity index (χ1v) is 45.2. The summed E-state index contributed by atoms with van der Waals surface area (Å²) in [6, 6.07) is 0. The number of rotatable bonds is 0. The van der Waals surface area contributed by atoms with Crippen molar-refractivity contribution < 1.29 is 0 Å². The Morgan fingerprint density at radius 1 is 0.143 bits per heavy atom. The average Bonchev–Trinajstić information content (AvgIpc) is 1.46. The fourth-order valence-electron chi connectivity index (χ4n) is 83.4. The van der Waals surface area contributed by atoms with Crippen LogP contribution in [0, 0.1) is 485 Å². The molecule has 55 fully saturated rings. The van der Waals surface area contributed by atoms with Gasteiger partial charge in [0, 0.05) is 0 Å². The fraction of sp³-hybridized carbons (Fsp3) is 1.00. The molecule has 0 amide bonds. The van der Waals surface area contributed by atoms with Gasteiger partial charge in [-0.3, -0.25) is 0 Å². The summed E-state index contributed by atoms with van der Waals surface area (Å²) in [5.41, 5.74) is 24.8. The molecule has 0 nitrogen and oxygen atoms in total. The van der Waals surface area contributed by atoms with Crippen molar-refractivity contribution in [3.8, 4) is 0 Å². The molecule has 0 radical (unpaired) electrons. The van der Waals surface area contributed by atoms with Crippen molar-refractivity contribution in [1.29, 1.82) is 0 Å². The van der Waals surface area contributed by atoms with Crippen LogP contribution in [0.5, 0.6) is 0 Å². The second kappa shape index (κ2) is 6.51. The molecule has 55 aliphatic rings. The zero-order valence-electron chi connectivity index (χ0n) is 51.6. The van der Waals surface area contributed by atoms with Gasteiger partial charge in [0.25, 0.3) is 0 Å². The van der Waals surface area contributed by atoms with Gasteiger partial charge in [0.15, 0.2) is 0 Å². The number of hydrogen-bond acceptors (Lipinski definition) is 0. The molecule has 0 heteroatoms. The fourth-order valence-corrected chi connectivity index (χ4v) is 83.4. The molecule has 55 rings (SSSR count). The van der Waals surface area contributed by atoms with Crippen LogP contribution in [0.2, 0.25) is 0 Å². The highest BCUT2D eigenvalue weighted by molar-refractivity contribution is 5.90. The molecule has 24 spiro atoms. The van der Waals surface area contributed by atoms with E-state index in [-0.39, 0.29) is 0 Å². The third-order valence-corrected chi connectivity index (χ3v) is 70.3. The monoisotopic (exact) mass is 1170 g/mol. The largest absolute Gasteiger partial charge is 0.0467 e. The van der Waals surface area contributed by atoms with E-state index in [9.17, 15) is 0 Å². The van der Waals surface area contributed by atoms with Crippen LogP contribution in [0.1, 0.15) is 44.9 Å². The minimum absolute atomic E-state index is 0.984. The van der Waals surface area contributed by atoms with Crippen LogP contribution in [-0.4, -0.2) is 0 Å². The van der Waals surface area contributed by atoms with Crippen molar-refractivity contribution in [2.75, 3.05) is 0 Å². The van der Waals surface area contributed by atoms with Crippen molar-refractivity contribution in [3.63, 3.8) is 0 Å². The van der Waals surface area contributed by atoms with Crippen molar-refractivity contribution in [3.05, 3.63) is 0 Å². The van der Waals surface area contributed by atoms with E-state index in [0.717, 1.165) is 130 Å². The Morgan fingerprint density at radius 3 is 1.56 bits per heavy atom. The molecule has 83 unspecified atom stereocenters. The quantitative estimate of drug-likeness (QED) is 0.227. The Bertz CT molecular complexity index is 5540. The van der Waals surface area contributed by atoms with Gasteiger partial charge >= 0.3 is 0 Å². The predicted molar refractivity (Wildman–Crippen MR) is 300 cm³/mol. The summed E-state index contributed by atoms with van der Waals surface area (Å²) >= 11 is 0. The number of hydrogen-bond donors (Lipinski definition) is 0. The van der Waals surface area contributed by atoms with Gasteiger partial charge in [0.05, 0.1) is 0 Å². The first kappa shape index (κ1) is 35.1. The van der Waals surface area contributed by atoms with E-state index in [4.69, 9.17) is 0 Å². The first-order chi connectivity index (χ1) is 45.2. The summed E-state index contributed by atoms with van der Waals surface area (Å²) in [4.78, 5) is 0. The van der Waals surface area contributed by atoms with Gasteiger partial charge in [-0.15, -0.1) is 0 Å². The van der Waals surface area contributed by atoms with Gasteiger partial charge in [-0.25, -0.2) is 0 Å². The van der Waals surface area contributed by atoms with E-state index in [1.807, 2.05) is 44.9 Å². The molecule has 438 valence electrons. The molecular weight excluding hydrogens is 1090 g/mol. The zero-order chi connectivity index (χ0) is 51.6. The van der Waals surface area contributed by atoms with Crippen molar-refractivity contribution in [2.24, 2.45) is 485 Å². The minimum atomic E-state index is 0.984. The maximum Gasteiger partial charge on any atom is -0.00592 e. The second-order valence-electron chi connectivity index (χ2n) is 55.9. The lowest BCUT2D eigenvalue weighted by Gasteiger charge is -3.38. The first-order valence-electron chi connectivity index (χ1n) is 45.2. The van der Waals surface area contributed by atoms with Crippen LogP contribution in [0.25, 0.3) is 0 Å². The molecule has 0 N–H and O–H groups in total. The molecule has 55 aliphatic carbocycles. The van der Waals surface area contributed by atoms with Crippen molar-refractivity contribution >= 4 is 0 Å². The second-order valence-corrected chi connectivity index (χ2v) is 55.9. The lowest BCUT2D eigenvalue weighted by atomic mass is 8.65. The van der Waals surface area contributed by atoms with E-state index >= 15 is 0 Å². The summed E-state index contributed by atoms with van der Waals surface area (Å²) in [5, 5.41) is 0. The molecule has 55 saturated carbocycles. The Morgan fingerprint density at radius 2 is 0.648 bits per heavy atom. The van der Waals surface area contributed by atoms with Gasteiger partial charge < -0.3 is 0 Å². The highest BCUT2D eigenvalue weighted by atomic mass is 15.5. The maximum absolute atomic E-state index is 1.99. The van der Waals surface area contributed by atoms with Crippen LogP contribution in [0.3, 0.4) is 0 Å². The van der Waals surface area contributed by atoms with Gasteiger partial charge in [-0.2, -0.15) is 0 Å². The normalized spacial score (nSPS) is 124. The lowest BCUT2D eigenvalue weighted by Crippen LogP contribution is -3.36. The molecule has 0 heterocycles. The molecule has 0 aromatic heterocycles. The highest BCUT2D eigenvalue weighted by Gasteiger charge is 3.44. The molecule has 0 aromatic rings. The van der Waals surface area contributed by atoms with Crippen LogP contribution in [0.15, 0.2) is 0 Å². The highest BCUT2D eigenvalue weighted by Crippen LogP contribution is 3.46. The predicted octanol–water partition coefficient (Wildman–Crippen LogP) is 10.1. The molecule has 4 bridgehead atoms. The number of fused-ring (bicyclic) bond motifs is 32.